The van der Waals surface area contributed by atoms with E-state index in [1.807, 2.05) is 20.2 Å². The van der Waals surface area contributed by atoms with Crippen molar-refractivity contribution in [2.45, 2.75) is 26.3 Å². The van der Waals surface area contributed by atoms with E-state index in [9.17, 15) is 5.11 Å². The van der Waals surface area contributed by atoms with Crippen molar-refractivity contribution in [1.82, 2.24) is 4.90 Å². The molecule has 0 saturated carbocycles. The van der Waals surface area contributed by atoms with Gasteiger partial charge in [0.25, 0.3) is 0 Å². The molecule has 1 rings (SSSR count). The number of hydrogen-bond donors (Lipinski definition) is 2. The van der Waals surface area contributed by atoms with Crippen molar-refractivity contribution in [2.24, 2.45) is 5.73 Å². The lowest BCUT2D eigenvalue weighted by Gasteiger charge is -2.18. The molecule has 0 aromatic heterocycles. The number of aromatic hydroxyl groups is 1. The summed E-state index contributed by atoms with van der Waals surface area (Å²) < 4.78 is 5.23. The van der Waals surface area contributed by atoms with Crippen molar-refractivity contribution >= 4 is 0 Å². The number of phenolic OH excluding ortho intramolecular Hbond substituents is 1. The molecule has 102 valence electrons. The van der Waals surface area contributed by atoms with Crippen LogP contribution in [-0.2, 0) is 19.4 Å². The molecule has 0 aliphatic heterocycles. The molecule has 0 bridgehead atoms. The number of ether oxygens (including phenoxy) is 1. The fourth-order valence-corrected chi connectivity index (χ4v) is 2.13. The first kappa shape index (κ1) is 14.8. The fraction of sp³-hybridized carbons (Fsp3) is 0.571. The first-order chi connectivity index (χ1) is 8.54. The highest BCUT2D eigenvalue weighted by Crippen LogP contribution is 2.35. The predicted octanol–water partition coefficient (Wildman–Crippen LogP) is 1.53. The van der Waals surface area contributed by atoms with Crippen LogP contribution in [0.25, 0.3) is 0 Å². The Balaban J connectivity index is 3.24. The minimum Gasteiger partial charge on any atom is -0.504 e. The lowest BCUT2D eigenvalue weighted by molar-refractivity contribution is 0.364. The zero-order valence-corrected chi connectivity index (χ0v) is 11.8. The van der Waals surface area contributed by atoms with Crippen molar-refractivity contribution in [3.63, 3.8) is 0 Å². The van der Waals surface area contributed by atoms with Gasteiger partial charge in [-0.3, -0.25) is 0 Å². The molecule has 18 heavy (non-hydrogen) atoms. The zero-order chi connectivity index (χ0) is 13.7. The Morgan fingerprint density at radius 3 is 2.44 bits per heavy atom. The van der Waals surface area contributed by atoms with Gasteiger partial charge in [-0.25, -0.2) is 0 Å². The number of rotatable bonds is 6. The van der Waals surface area contributed by atoms with Gasteiger partial charge in [-0.15, -0.1) is 0 Å². The minimum atomic E-state index is 0.233. The van der Waals surface area contributed by atoms with E-state index < -0.39 is 0 Å². The molecule has 0 atom stereocenters. The van der Waals surface area contributed by atoms with Crippen LogP contribution in [0.1, 0.15) is 23.6 Å². The van der Waals surface area contributed by atoms with Crippen molar-refractivity contribution < 1.29 is 9.84 Å². The summed E-state index contributed by atoms with van der Waals surface area (Å²) in [5.41, 5.74) is 8.95. The number of phenols is 1. The Morgan fingerprint density at radius 2 is 2.00 bits per heavy atom. The third-order valence-corrected chi connectivity index (χ3v) is 3.19. The Morgan fingerprint density at radius 1 is 1.33 bits per heavy atom. The summed E-state index contributed by atoms with van der Waals surface area (Å²) in [5, 5.41) is 10.2. The highest BCUT2D eigenvalue weighted by Gasteiger charge is 2.16. The molecule has 1 aromatic rings. The van der Waals surface area contributed by atoms with Gasteiger partial charge in [0.15, 0.2) is 11.5 Å². The summed E-state index contributed by atoms with van der Waals surface area (Å²) in [6, 6.07) is 1.89. The van der Waals surface area contributed by atoms with Gasteiger partial charge in [0.1, 0.15) is 0 Å². The van der Waals surface area contributed by atoms with E-state index in [-0.39, 0.29) is 5.75 Å². The van der Waals surface area contributed by atoms with Crippen molar-refractivity contribution in [1.29, 1.82) is 0 Å². The predicted molar refractivity (Wildman–Crippen MR) is 74.2 cm³/mol. The number of nitrogens with zero attached hydrogens (tertiary/aromatic N) is 1. The first-order valence-electron chi connectivity index (χ1n) is 6.30. The van der Waals surface area contributed by atoms with Crippen LogP contribution in [0.5, 0.6) is 11.5 Å². The minimum absolute atomic E-state index is 0.233. The van der Waals surface area contributed by atoms with Gasteiger partial charge in [-0.1, -0.05) is 6.92 Å². The van der Waals surface area contributed by atoms with E-state index >= 15 is 0 Å². The fourth-order valence-electron chi connectivity index (χ4n) is 2.13. The average molecular weight is 252 g/mol. The van der Waals surface area contributed by atoms with Crippen LogP contribution in [0.2, 0.25) is 0 Å². The summed E-state index contributed by atoms with van der Waals surface area (Å²) in [4.78, 5) is 2.09. The second kappa shape index (κ2) is 6.61. The second-order valence-corrected chi connectivity index (χ2v) is 4.65. The standard InChI is InChI=1S/C14H24N2O2/c1-5-10-8-13(18-4)14(17)11(12(10)9-15)6-7-16(2)3/h8,17H,5-7,9,15H2,1-4H3. The van der Waals surface area contributed by atoms with Crippen LogP contribution in [0.3, 0.4) is 0 Å². The van der Waals surface area contributed by atoms with Crippen LogP contribution >= 0.6 is 0 Å². The monoisotopic (exact) mass is 252 g/mol. The molecule has 0 fully saturated rings. The summed E-state index contributed by atoms with van der Waals surface area (Å²) in [7, 11) is 5.60. The van der Waals surface area contributed by atoms with E-state index in [2.05, 4.69) is 11.8 Å². The highest BCUT2D eigenvalue weighted by molar-refractivity contribution is 5.54. The van der Waals surface area contributed by atoms with Crippen LogP contribution in [0.15, 0.2) is 6.07 Å². The molecule has 0 spiro atoms. The normalized spacial score (nSPS) is 11.0. The number of likely N-dealkylation sites (N-methyl/N-ethyl adjacent to an activating group) is 1. The van der Waals surface area contributed by atoms with Gasteiger partial charge in [-0.05, 0) is 44.1 Å². The number of benzene rings is 1. The molecule has 0 heterocycles. The van der Waals surface area contributed by atoms with Crippen LogP contribution in [-0.4, -0.2) is 37.8 Å². The molecule has 4 heteroatoms. The first-order valence-corrected chi connectivity index (χ1v) is 6.30. The van der Waals surface area contributed by atoms with E-state index in [1.165, 1.54) is 0 Å². The summed E-state index contributed by atoms with van der Waals surface area (Å²) in [5.74, 6) is 0.773. The molecule has 0 unspecified atom stereocenters. The summed E-state index contributed by atoms with van der Waals surface area (Å²) in [6.07, 6.45) is 1.66. The van der Waals surface area contributed by atoms with Gasteiger partial charge < -0.3 is 20.5 Å². The maximum atomic E-state index is 10.2. The second-order valence-electron chi connectivity index (χ2n) is 4.65. The molecule has 0 aliphatic rings. The Bertz CT molecular complexity index is 403. The SMILES string of the molecule is CCc1cc(OC)c(O)c(CCN(C)C)c1CN. The average Bonchev–Trinajstić information content (AvgIpc) is 2.36. The topological polar surface area (TPSA) is 58.7 Å². The van der Waals surface area contributed by atoms with Crippen molar-refractivity contribution in [3.8, 4) is 11.5 Å². The van der Waals surface area contributed by atoms with Crippen LogP contribution in [0.4, 0.5) is 0 Å². The number of aryl methyl sites for hydroxylation is 1. The van der Waals surface area contributed by atoms with Crippen LogP contribution < -0.4 is 10.5 Å². The molecule has 4 nitrogen and oxygen atoms in total. The van der Waals surface area contributed by atoms with Crippen molar-refractivity contribution in [3.05, 3.63) is 22.8 Å². The lowest BCUT2D eigenvalue weighted by atomic mass is 9.95. The molecule has 0 amide bonds. The highest BCUT2D eigenvalue weighted by atomic mass is 16.5. The van der Waals surface area contributed by atoms with Gasteiger partial charge in [-0.2, -0.15) is 0 Å². The molecule has 0 radical (unpaired) electrons. The zero-order valence-electron chi connectivity index (χ0n) is 11.8. The van der Waals surface area contributed by atoms with Gasteiger partial charge in [0.2, 0.25) is 0 Å². The van der Waals surface area contributed by atoms with Crippen LogP contribution in [0, 0.1) is 0 Å². The third-order valence-electron chi connectivity index (χ3n) is 3.19. The van der Waals surface area contributed by atoms with Gasteiger partial charge in [0.05, 0.1) is 7.11 Å². The summed E-state index contributed by atoms with van der Waals surface area (Å²) >= 11 is 0. The van der Waals surface area contributed by atoms with Gasteiger partial charge >= 0.3 is 0 Å². The third kappa shape index (κ3) is 3.15. The Hall–Kier alpha value is -1.26. The van der Waals surface area contributed by atoms with E-state index in [1.54, 1.807) is 7.11 Å². The Kier molecular flexibility index (Phi) is 5.44. The van der Waals surface area contributed by atoms with Gasteiger partial charge in [0, 0.05) is 18.7 Å². The number of methoxy groups -OCH3 is 1. The van der Waals surface area contributed by atoms with E-state index in [0.717, 1.165) is 36.1 Å². The maximum Gasteiger partial charge on any atom is 0.161 e. The largest absolute Gasteiger partial charge is 0.504 e. The molecule has 1 aromatic carbocycles. The summed E-state index contributed by atoms with van der Waals surface area (Å²) in [6.45, 7) is 3.40. The molecular weight excluding hydrogens is 228 g/mol. The maximum absolute atomic E-state index is 10.2. The molecule has 0 aliphatic carbocycles. The Labute approximate surface area is 109 Å². The van der Waals surface area contributed by atoms with E-state index in [0.29, 0.717) is 12.3 Å². The van der Waals surface area contributed by atoms with Crippen molar-refractivity contribution in [2.75, 3.05) is 27.7 Å². The quantitative estimate of drug-likeness (QED) is 0.806. The lowest BCUT2D eigenvalue weighted by Crippen LogP contribution is -2.17. The van der Waals surface area contributed by atoms with E-state index in [4.69, 9.17) is 10.5 Å². The number of nitrogens with two attached hydrogens (primary N) is 1. The molecule has 0 saturated heterocycles. The molecule has 3 N–H and O–H groups in total. The number of hydrogen-bond acceptors (Lipinski definition) is 4. The molecular formula is C14H24N2O2. The smallest absolute Gasteiger partial charge is 0.161 e.